The van der Waals surface area contributed by atoms with Crippen LogP contribution in [0.3, 0.4) is 0 Å². The van der Waals surface area contributed by atoms with Crippen molar-refractivity contribution in [2.24, 2.45) is 5.73 Å². The van der Waals surface area contributed by atoms with Gasteiger partial charge in [-0.05, 0) is 31.1 Å². The highest BCUT2D eigenvalue weighted by Gasteiger charge is 2.14. The van der Waals surface area contributed by atoms with Crippen molar-refractivity contribution in [3.63, 3.8) is 0 Å². The first-order chi connectivity index (χ1) is 7.41. The molecule has 0 radical (unpaired) electrons. The maximum absolute atomic E-state index is 10.8. The maximum Gasteiger partial charge on any atom is 0.277 e. The Balaban J connectivity index is 3.35. The highest BCUT2D eigenvalue weighted by atomic mass is 16.6. The smallest absolute Gasteiger partial charge is 0.277 e. The Hall–Kier alpha value is -2.17. The SMILES string of the molecule is Cc1cc(C)c(C=CC(N)=O)c([N+](=O)[O-])c1. The van der Waals surface area contributed by atoms with Crippen LogP contribution >= 0.6 is 0 Å². The molecular formula is C11H12N2O3. The van der Waals surface area contributed by atoms with Crippen molar-refractivity contribution in [2.45, 2.75) is 13.8 Å². The molecule has 0 spiro atoms. The number of hydrogen-bond acceptors (Lipinski definition) is 3. The van der Waals surface area contributed by atoms with Gasteiger partial charge in [0, 0.05) is 12.1 Å². The van der Waals surface area contributed by atoms with Crippen molar-refractivity contribution in [3.05, 3.63) is 45.0 Å². The molecule has 2 N–H and O–H groups in total. The van der Waals surface area contributed by atoms with E-state index in [-0.39, 0.29) is 5.69 Å². The van der Waals surface area contributed by atoms with Gasteiger partial charge >= 0.3 is 0 Å². The Labute approximate surface area is 92.7 Å². The molecule has 0 unspecified atom stereocenters. The first-order valence-electron chi connectivity index (χ1n) is 4.65. The topological polar surface area (TPSA) is 86.2 Å². The summed E-state index contributed by atoms with van der Waals surface area (Å²) in [6, 6.07) is 3.28. The number of benzene rings is 1. The second-order valence-electron chi connectivity index (χ2n) is 3.51. The van der Waals surface area contributed by atoms with Crippen molar-refractivity contribution in [1.82, 2.24) is 0 Å². The van der Waals surface area contributed by atoms with Gasteiger partial charge in [-0.1, -0.05) is 6.07 Å². The lowest BCUT2D eigenvalue weighted by Crippen LogP contribution is -2.05. The molecule has 5 nitrogen and oxygen atoms in total. The highest BCUT2D eigenvalue weighted by molar-refractivity contribution is 5.91. The van der Waals surface area contributed by atoms with Gasteiger partial charge in [-0.25, -0.2) is 0 Å². The van der Waals surface area contributed by atoms with Crippen LogP contribution in [0.2, 0.25) is 0 Å². The van der Waals surface area contributed by atoms with Crippen LogP contribution in [0.4, 0.5) is 5.69 Å². The quantitative estimate of drug-likeness (QED) is 0.478. The van der Waals surface area contributed by atoms with Crippen LogP contribution < -0.4 is 5.73 Å². The van der Waals surface area contributed by atoms with Crippen LogP contribution in [0.1, 0.15) is 16.7 Å². The molecule has 0 fully saturated rings. The molecule has 0 saturated carbocycles. The number of aryl methyl sites for hydroxylation is 2. The Bertz CT molecular complexity index is 478. The molecule has 0 bridgehead atoms. The van der Waals surface area contributed by atoms with Crippen LogP contribution in [0.5, 0.6) is 0 Å². The van der Waals surface area contributed by atoms with E-state index >= 15 is 0 Å². The molecule has 0 atom stereocenters. The predicted molar refractivity (Wildman–Crippen MR) is 60.8 cm³/mol. The molecule has 5 heteroatoms. The minimum atomic E-state index is -0.630. The van der Waals surface area contributed by atoms with Gasteiger partial charge in [-0.2, -0.15) is 0 Å². The zero-order valence-corrected chi connectivity index (χ0v) is 9.06. The van der Waals surface area contributed by atoms with E-state index in [2.05, 4.69) is 0 Å². The number of nitrogens with zero attached hydrogens (tertiary/aromatic N) is 1. The van der Waals surface area contributed by atoms with Crippen molar-refractivity contribution >= 4 is 17.7 Å². The summed E-state index contributed by atoms with van der Waals surface area (Å²) in [6.45, 7) is 3.53. The molecule has 0 aliphatic heterocycles. The third-order valence-corrected chi connectivity index (χ3v) is 2.12. The normalized spacial score (nSPS) is 10.6. The largest absolute Gasteiger partial charge is 0.366 e. The summed E-state index contributed by atoms with van der Waals surface area (Å²) in [5.74, 6) is -0.630. The fourth-order valence-corrected chi connectivity index (χ4v) is 1.49. The number of carbonyl (C=O) groups excluding carboxylic acids is 1. The minimum Gasteiger partial charge on any atom is -0.366 e. The second kappa shape index (κ2) is 4.57. The van der Waals surface area contributed by atoms with E-state index in [1.807, 2.05) is 6.07 Å². The summed E-state index contributed by atoms with van der Waals surface area (Å²) in [4.78, 5) is 21.0. The number of rotatable bonds is 3. The first kappa shape index (κ1) is 11.9. The van der Waals surface area contributed by atoms with Crippen molar-refractivity contribution in [2.75, 3.05) is 0 Å². The fourth-order valence-electron chi connectivity index (χ4n) is 1.49. The number of carbonyl (C=O) groups is 1. The van der Waals surface area contributed by atoms with Gasteiger partial charge in [-0.3, -0.25) is 14.9 Å². The zero-order chi connectivity index (χ0) is 12.3. The lowest BCUT2D eigenvalue weighted by molar-refractivity contribution is -0.385. The van der Waals surface area contributed by atoms with Crippen molar-refractivity contribution in [3.8, 4) is 0 Å². The van der Waals surface area contributed by atoms with Crippen LogP contribution in [0.15, 0.2) is 18.2 Å². The Morgan fingerprint density at radius 3 is 2.56 bits per heavy atom. The zero-order valence-electron chi connectivity index (χ0n) is 9.06. The molecule has 0 heterocycles. The van der Waals surface area contributed by atoms with E-state index in [1.54, 1.807) is 13.8 Å². The maximum atomic E-state index is 10.8. The van der Waals surface area contributed by atoms with E-state index in [0.717, 1.165) is 17.2 Å². The summed E-state index contributed by atoms with van der Waals surface area (Å²) in [5.41, 5.74) is 6.89. The fraction of sp³-hybridized carbons (Fsp3) is 0.182. The van der Waals surface area contributed by atoms with Crippen molar-refractivity contribution in [1.29, 1.82) is 0 Å². The molecule has 1 amide bonds. The third-order valence-electron chi connectivity index (χ3n) is 2.12. The van der Waals surface area contributed by atoms with E-state index in [0.29, 0.717) is 5.56 Å². The Morgan fingerprint density at radius 1 is 1.44 bits per heavy atom. The molecule has 1 rings (SSSR count). The molecular weight excluding hydrogens is 208 g/mol. The van der Waals surface area contributed by atoms with E-state index in [1.165, 1.54) is 12.1 Å². The van der Waals surface area contributed by atoms with Gasteiger partial charge in [0.25, 0.3) is 5.69 Å². The van der Waals surface area contributed by atoms with E-state index in [4.69, 9.17) is 5.73 Å². The molecule has 16 heavy (non-hydrogen) atoms. The summed E-state index contributed by atoms with van der Waals surface area (Å²) >= 11 is 0. The molecule has 1 aromatic carbocycles. The molecule has 1 aromatic rings. The van der Waals surface area contributed by atoms with Crippen LogP contribution in [0.25, 0.3) is 6.08 Å². The molecule has 84 valence electrons. The van der Waals surface area contributed by atoms with Gasteiger partial charge in [0.05, 0.1) is 10.5 Å². The van der Waals surface area contributed by atoms with Gasteiger partial charge in [0.1, 0.15) is 0 Å². The van der Waals surface area contributed by atoms with Gasteiger partial charge < -0.3 is 5.73 Å². The monoisotopic (exact) mass is 220 g/mol. The number of nitro benzene ring substituents is 1. The molecule has 0 saturated heterocycles. The lowest BCUT2D eigenvalue weighted by atomic mass is 10.0. The first-order valence-corrected chi connectivity index (χ1v) is 4.65. The Kier molecular flexibility index (Phi) is 3.40. The number of amides is 1. The third kappa shape index (κ3) is 2.66. The van der Waals surface area contributed by atoms with Gasteiger partial charge in [0.2, 0.25) is 5.91 Å². The van der Waals surface area contributed by atoms with Gasteiger partial charge in [0.15, 0.2) is 0 Å². The number of primary amides is 1. The molecule has 0 aromatic heterocycles. The second-order valence-corrected chi connectivity index (χ2v) is 3.51. The Morgan fingerprint density at radius 2 is 2.06 bits per heavy atom. The van der Waals surface area contributed by atoms with Crippen LogP contribution in [0, 0.1) is 24.0 Å². The van der Waals surface area contributed by atoms with Crippen molar-refractivity contribution < 1.29 is 9.72 Å². The average Bonchev–Trinajstić information content (AvgIpc) is 2.14. The summed E-state index contributed by atoms with van der Waals surface area (Å²) in [7, 11) is 0. The minimum absolute atomic E-state index is 0.0185. The number of hydrogen-bond donors (Lipinski definition) is 1. The summed E-state index contributed by atoms with van der Waals surface area (Å²) in [5, 5.41) is 10.8. The standard InChI is InChI=1S/C11H12N2O3/c1-7-5-8(2)9(3-4-11(12)14)10(6-7)13(15)16/h3-6H,1-2H3,(H2,12,14). The number of nitrogens with two attached hydrogens (primary N) is 1. The molecule has 0 aliphatic rings. The highest BCUT2D eigenvalue weighted by Crippen LogP contribution is 2.25. The average molecular weight is 220 g/mol. The van der Waals surface area contributed by atoms with Gasteiger partial charge in [-0.15, -0.1) is 0 Å². The summed E-state index contributed by atoms with van der Waals surface area (Å²) < 4.78 is 0. The number of nitro groups is 1. The summed E-state index contributed by atoms with van der Waals surface area (Å²) in [6.07, 6.45) is 2.49. The predicted octanol–water partition coefficient (Wildman–Crippen LogP) is 1.71. The molecule has 0 aliphatic carbocycles. The van der Waals surface area contributed by atoms with Crippen LogP contribution in [-0.4, -0.2) is 10.8 Å². The van der Waals surface area contributed by atoms with Crippen LogP contribution in [-0.2, 0) is 4.79 Å². The van der Waals surface area contributed by atoms with E-state index < -0.39 is 10.8 Å². The lowest BCUT2D eigenvalue weighted by Gasteiger charge is -2.03. The van der Waals surface area contributed by atoms with E-state index in [9.17, 15) is 14.9 Å².